The average molecular weight is 520 g/mol. The second-order valence-electron chi connectivity index (χ2n) is 9.53. The lowest BCUT2D eigenvalue weighted by Gasteiger charge is -2.37. The highest BCUT2D eigenvalue weighted by atomic mass is 32.1. The number of rotatable bonds is 5. The molecule has 2 heterocycles. The van der Waals surface area contributed by atoms with Crippen LogP contribution in [0.3, 0.4) is 0 Å². The fourth-order valence-corrected chi connectivity index (χ4v) is 6.69. The van der Waals surface area contributed by atoms with Gasteiger partial charge >= 0.3 is 0 Å². The largest absolute Gasteiger partial charge is 0.497 e. The molecule has 0 spiro atoms. The van der Waals surface area contributed by atoms with Gasteiger partial charge in [-0.1, -0.05) is 18.7 Å². The molecule has 2 amide bonds. The molecule has 192 valence electrons. The van der Waals surface area contributed by atoms with Crippen molar-refractivity contribution >= 4 is 44.7 Å². The molecule has 2 aromatic carbocycles. The Morgan fingerprint density at radius 2 is 2.00 bits per heavy atom. The first kappa shape index (κ1) is 24.9. The van der Waals surface area contributed by atoms with Crippen LogP contribution in [0, 0.1) is 6.92 Å². The molecule has 37 heavy (non-hydrogen) atoms. The molecule has 0 radical (unpaired) electrons. The van der Waals surface area contributed by atoms with E-state index in [1.807, 2.05) is 13.0 Å². The number of aryl methyl sites for hydroxylation is 1. The SMILES string of the molecule is C=CC(=O)N1CCC(NC(=O)c2sc3c(N)ccc4c3c2C(N)C(=O)C4(N)c2ccc(OC)cc2C)C1. The molecule has 9 nitrogen and oxygen atoms in total. The molecule has 1 aromatic heterocycles. The lowest BCUT2D eigenvalue weighted by molar-refractivity contribution is -0.125. The van der Waals surface area contributed by atoms with Gasteiger partial charge in [0, 0.05) is 35.8 Å². The number of methoxy groups -OCH3 is 1. The van der Waals surface area contributed by atoms with Gasteiger partial charge < -0.3 is 32.2 Å². The van der Waals surface area contributed by atoms with Gasteiger partial charge in [0.05, 0.1) is 22.7 Å². The summed E-state index contributed by atoms with van der Waals surface area (Å²) in [5.41, 5.74) is 21.2. The number of ketones is 1. The van der Waals surface area contributed by atoms with Crippen LogP contribution in [0.1, 0.15) is 44.4 Å². The van der Waals surface area contributed by atoms with E-state index in [2.05, 4.69) is 11.9 Å². The highest BCUT2D eigenvalue weighted by Gasteiger charge is 2.49. The summed E-state index contributed by atoms with van der Waals surface area (Å²) in [6, 6.07) is 7.46. The molecule has 3 atom stereocenters. The van der Waals surface area contributed by atoms with Crippen molar-refractivity contribution in [2.75, 3.05) is 25.9 Å². The molecule has 1 fully saturated rings. The van der Waals surface area contributed by atoms with Gasteiger partial charge in [0.1, 0.15) is 11.3 Å². The minimum absolute atomic E-state index is 0.174. The number of Topliss-reactive ketones (excluding diaryl/α,β-unsaturated/α-hetero) is 1. The summed E-state index contributed by atoms with van der Waals surface area (Å²) >= 11 is 1.20. The van der Waals surface area contributed by atoms with Crippen molar-refractivity contribution in [3.63, 3.8) is 0 Å². The molecule has 5 rings (SSSR count). The Morgan fingerprint density at radius 3 is 2.68 bits per heavy atom. The topological polar surface area (TPSA) is 154 Å². The van der Waals surface area contributed by atoms with Gasteiger partial charge in [-0.15, -0.1) is 11.3 Å². The maximum absolute atomic E-state index is 13.9. The van der Waals surface area contributed by atoms with E-state index in [1.165, 1.54) is 17.4 Å². The predicted octanol–water partition coefficient (Wildman–Crippen LogP) is 2.10. The van der Waals surface area contributed by atoms with Crippen LogP contribution in [0.2, 0.25) is 0 Å². The number of anilines is 1. The minimum atomic E-state index is -1.53. The number of hydrogen-bond donors (Lipinski definition) is 4. The lowest BCUT2D eigenvalue weighted by Crippen LogP contribution is -2.53. The first-order valence-electron chi connectivity index (χ1n) is 11.9. The molecule has 0 bridgehead atoms. The van der Waals surface area contributed by atoms with Gasteiger partial charge in [0.25, 0.3) is 5.91 Å². The second kappa shape index (κ2) is 8.98. The van der Waals surface area contributed by atoms with Crippen molar-refractivity contribution in [3.8, 4) is 5.75 Å². The molecule has 1 aliphatic carbocycles. The number of likely N-dealkylation sites (tertiary alicyclic amines) is 1. The van der Waals surface area contributed by atoms with E-state index < -0.39 is 17.4 Å². The third kappa shape index (κ3) is 3.71. The van der Waals surface area contributed by atoms with E-state index in [-0.39, 0.29) is 17.9 Å². The highest BCUT2D eigenvalue weighted by Crippen LogP contribution is 2.50. The van der Waals surface area contributed by atoms with Gasteiger partial charge in [0.2, 0.25) is 5.91 Å². The summed E-state index contributed by atoms with van der Waals surface area (Å²) in [5, 5.41) is 3.65. The average Bonchev–Trinajstić information content (AvgIpc) is 3.52. The quantitative estimate of drug-likeness (QED) is 0.297. The van der Waals surface area contributed by atoms with Crippen molar-refractivity contribution in [1.82, 2.24) is 10.2 Å². The predicted molar refractivity (Wildman–Crippen MR) is 144 cm³/mol. The van der Waals surface area contributed by atoms with Crippen LogP contribution in [0.15, 0.2) is 43.0 Å². The van der Waals surface area contributed by atoms with Crippen LogP contribution in [-0.4, -0.2) is 48.7 Å². The monoisotopic (exact) mass is 519 g/mol. The first-order chi connectivity index (χ1) is 17.6. The number of thiophene rings is 1. The number of hydrogen-bond acceptors (Lipinski definition) is 8. The van der Waals surface area contributed by atoms with Crippen molar-refractivity contribution in [3.05, 3.63) is 70.1 Å². The van der Waals surface area contributed by atoms with E-state index in [1.54, 1.807) is 36.3 Å². The molecule has 10 heteroatoms. The maximum atomic E-state index is 13.9. The molecular weight excluding hydrogens is 490 g/mol. The molecule has 1 aliphatic heterocycles. The second-order valence-corrected chi connectivity index (χ2v) is 10.6. The number of nitrogen functional groups attached to an aromatic ring is 1. The first-order valence-corrected chi connectivity index (χ1v) is 12.7. The molecular formula is C27H29N5O4S. The van der Waals surface area contributed by atoms with E-state index >= 15 is 0 Å². The summed E-state index contributed by atoms with van der Waals surface area (Å²) in [6.07, 6.45) is 1.88. The smallest absolute Gasteiger partial charge is 0.262 e. The Bertz CT molecular complexity index is 1480. The van der Waals surface area contributed by atoms with Crippen LogP contribution in [0.25, 0.3) is 10.1 Å². The number of amides is 2. The van der Waals surface area contributed by atoms with E-state index in [4.69, 9.17) is 21.9 Å². The third-order valence-electron chi connectivity index (χ3n) is 7.39. The number of nitrogens with one attached hydrogen (secondary N) is 1. The molecule has 7 N–H and O–H groups in total. The molecule has 1 saturated heterocycles. The number of carbonyl (C=O) groups excluding carboxylic acids is 3. The van der Waals surface area contributed by atoms with Gasteiger partial charge in [-0.05, 0) is 54.3 Å². The zero-order chi connectivity index (χ0) is 26.6. The number of carbonyl (C=O) groups is 3. The van der Waals surface area contributed by atoms with Gasteiger partial charge in [-0.25, -0.2) is 0 Å². The standard InChI is InChI=1S/C27H29N5O4S/c1-4-19(33)32-10-9-14(12-32)31-26(35)24-21-20-17(7-8-18(28)23(20)37-24)27(30,25(34)22(21)29)16-6-5-15(36-3)11-13(16)2/h4-8,11,14,22H,1,9-10,12,28-30H2,2-3H3,(H,31,35). The zero-order valence-electron chi connectivity index (χ0n) is 20.7. The fourth-order valence-electron chi connectivity index (χ4n) is 5.49. The highest BCUT2D eigenvalue weighted by molar-refractivity contribution is 7.21. The van der Waals surface area contributed by atoms with Gasteiger partial charge in [-0.3, -0.25) is 14.4 Å². The number of ether oxygens (including phenoxy) is 1. The summed E-state index contributed by atoms with van der Waals surface area (Å²) in [6.45, 7) is 6.30. The Hall–Kier alpha value is -3.73. The normalized spacial score (nSPS) is 22.8. The maximum Gasteiger partial charge on any atom is 0.262 e. The van der Waals surface area contributed by atoms with Gasteiger partial charge in [-0.2, -0.15) is 0 Å². The number of nitrogens with zero attached hydrogens (tertiary/aromatic N) is 1. The van der Waals surface area contributed by atoms with Crippen molar-refractivity contribution < 1.29 is 19.1 Å². The summed E-state index contributed by atoms with van der Waals surface area (Å²) in [7, 11) is 1.57. The van der Waals surface area contributed by atoms with Crippen molar-refractivity contribution in [2.45, 2.75) is 31.0 Å². The zero-order valence-corrected chi connectivity index (χ0v) is 21.5. The Morgan fingerprint density at radius 1 is 1.27 bits per heavy atom. The Labute approximate surface area is 218 Å². The molecule has 0 saturated carbocycles. The van der Waals surface area contributed by atoms with Crippen molar-refractivity contribution in [2.24, 2.45) is 11.5 Å². The van der Waals surface area contributed by atoms with Gasteiger partial charge in [0.15, 0.2) is 5.78 Å². The minimum Gasteiger partial charge on any atom is -0.497 e. The Balaban J connectivity index is 1.61. The van der Waals surface area contributed by atoms with E-state index in [0.717, 1.165) is 5.56 Å². The lowest BCUT2D eigenvalue weighted by atomic mass is 9.69. The van der Waals surface area contributed by atoms with Crippen LogP contribution >= 0.6 is 11.3 Å². The third-order valence-corrected chi connectivity index (χ3v) is 8.64. The Kier molecular flexibility index (Phi) is 6.06. The van der Waals surface area contributed by atoms with Crippen LogP contribution in [-0.2, 0) is 15.1 Å². The van der Waals surface area contributed by atoms with Crippen LogP contribution in [0.5, 0.6) is 5.75 Å². The van der Waals surface area contributed by atoms with Crippen LogP contribution in [0.4, 0.5) is 5.69 Å². The van der Waals surface area contributed by atoms with E-state index in [0.29, 0.717) is 62.6 Å². The summed E-state index contributed by atoms with van der Waals surface area (Å²) < 4.78 is 5.99. The van der Waals surface area contributed by atoms with Crippen molar-refractivity contribution in [1.29, 1.82) is 0 Å². The molecule has 3 aromatic rings. The summed E-state index contributed by atoms with van der Waals surface area (Å²) in [5.74, 6) is -0.287. The number of benzene rings is 2. The van der Waals surface area contributed by atoms with E-state index in [9.17, 15) is 14.4 Å². The number of nitrogens with two attached hydrogens (primary N) is 3. The molecule has 2 aliphatic rings. The fraction of sp³-hybridized carbons (Fsp3) is 0.296. The summed E-state index contributed by atoms with van der Waals surface area (Å²) in [4.78, 5) is 41.3. The van der Waals surface area contributed by atoms with Crippen LogP contribution < -0.4 is 27.3 Å². The molecule has 3 unspecified atom stereocenters.